The molecule has 0 aliphatic rings. The zero-order valence-corrected chi connectivity index (χ0v) is 16.1. The molecule has 28 heavy (non-hydrogen) atoms. The van der Waals surface area contributed by atoms with E-state index in [4.69, 9.17) is 33.2 Å². The number of amides is 1. The van der Waals surface area contributed by atoms with Crippen molar-refractivity contribution in [3.05, 3.63) is 75.4 Å². The number of nitrogens with zero attached hydrogens (tertiary/aromatic N) is 4. The predicted octanol–water partition coefficient (Wildman–Crippen LogP) is 3.47. The Kier molecular flexibility index (Phi) is 6.48. The van der Waals surface area contributed by atoms with Crippen molar-refractivity contribution < 1.29 is 9.53 Å². The zero-order valence-electron chi connectivity index (χ0n) is 14.6. The second-order valence-corrected chi connectivity index (χ2v) is 6.53. The van der Waals surface area contributed by atoms with E-state index < -0.39 is 5.91 Å². The van der Waals surface area contributed by atoms with Crippen LogP contribution in [0.2, 0.25) is 10.0 Å². The van der Waals surface area contributed by atoms with Crippen LogP contribution in [0.5, 0.6) is 5.88 Å². The number of halogens is 2. The fourth-order valence-corrected chi connectivity index (χ4v) is 2.88. The highest BCUT2D eigenvalue weighted by Crippen LogP contribution is 2.22. The summed E-state index contributed by atoms with van der Waals surface area (Å²) in [7, 11) is 0. The Morgan fingerprint density at radius 3 is 2.39 bits per heavy atom. The van der Waals surface area contributed by atoms with Gasteiger partial charge in [0.2, 0.25) is 11.6 Å². The highest BCUT2D eigenvalue weighted by Gasteiger charge is 2.22. The van der Waals surface area contributed by atoms with Gasteiger partial charge in [0.15, 0.2) is 6.61 Å². The molecule has 142 valence electrons. The molecule has 0 saturated carbocycles. The molecular formula is C19H15Cl2N5O2. The lowest BCUT2D eigenvalue weighted by Crippen LogP contribution is -2.24. The van der Waals surface area contributed by atoms with Crippen LogP contribution in [0.1, 0.15) is 21.6 Å². The van der Waals surface area contributed by atoms with E-state index in [0.29, 0.717) is 10.0 Å². The molecule has 7 nitrogen and oxygen atoms in total. The van der Waals surface area contributed by atoms with Gasteiger partial charge >= 0.3 is 0 Å². The highest BCUT2D eigenvalue weighted by atomic mass is 35.5. The molecule has 9 heteroatoms. The summed E-state index contributed by atoms with van der Waals surface area (Å²) in [5, 5.41) is 20.6. The van der Waals surface area contributed by atoms with Crippen LogP contribution in [0.4, 0.5) is 0 Å². The third-order valence-corrected chi connectivity index (χ3v) is 4.59. The number of ether oxygens (including phenoxy) is 1. The molecule has 1 N–H and O–H groups in total. The smallest absolute Gasteiger partial charge is 0.277 e. The van der Waals surface area contributed by atoms with E-state index in [9.17, 15) is 4.79 Å². The topological polar surface area (TPSA) is 92.8 Å². The number of hydrogen-bond acceptors (Lipinski definition) is 5. The molecule has 3 rings (SSSR count). The minimum absolute atomic E-state index is 0.0191. The van der Waals surface area contributed by atoms with Crippen molar-refractivity contribution in [1.82, 2.24) is 20.3 Å². The quantitative estimate of drug-likeness (QED) is 0.637. The lowest BCUT2D eigenvalue weighted by Gasteiger charge is -2.09. The normalized spacial score (nSPS) is 10.3. The SMILES string of the molecule is N#CCOc1c(C(=O)NCc2ccccc2Cl)nnn1Cc1ccccc1Cl. The standard InChI is InChI=1S/C19H15Cl2N5O2/c20-15-7-3-1-5-13(15)11-23-18(27)17-19(28-10-9-22)26(25-24-17)12-14-6-2-4-8-16(14)21/h1-8H,10-12H2,(H,23,27). The van der Waals surface area contributed by atoms with Gasteiger partial charge in [-0.1, -0.05) is 64.8 Å². The van der Waals surface area contributed by atoms with Crippen molar-refractivity contribution in [2.75, 3.05) is 6.61 Å². The van der Waals surface area contributed by atoms with Crippen LogP contribution >= 0.6 is 23.2 Å². The third-order valence-electron chi connectivity index (χ3n) is 3.85. The van der Waals surface area contributed by atoms with Crippen molar-refractivity contribution in [2.45, 2.75) is 13.1 Å². The monoisotopic (exact) mass is 415 g/mol. The van der Waals surface area contributed by atoms with Crippen molar-refractivity contribution in [3.8, 4) is 11.9 Å². The maximum absolute atomic E-state index is 12.6. The van der Waals surface area contributed by atoms with Crippen LogP contribution in [-0.4, -0.2) is 27.5 Å². The molecule has 0 saturated heterocycles. The number of hydrogen-bond donors (Lipinski definition) is 1. The first-order valence-corrected chi connectivity index (χ1v) is 9.04. The van der Waals surface area contributed by atoms with Gasteiger partial charge in [-0.2, -0.15) is 5.26 Å². The van der Waals surface area contributed by atoms with Gasteiger partial charge < -0.3 is 10.1 Å². The van der Waals surface area contributed by atoms with Gasteiger partial charge in [-0.15, -0.1) is 5.10 Å². The predicted molar refractivity (Wildman–Crippen MR) is 104 cm³/mol. The lowest BCUT2D eigenvalue weighted by atomic mass is 10.2. The van der Waals surface area contributed by atoms with E-state index in [1.807, 2.05) is 42.5 Å². The summed E-state index contributed by atoms with van der Waals surface area (Å²) in [5.74, 6) is -0.392. The first-order chi connectivity index (χ1) is 13.6. The van der Waals surface area contributed by atoms with Crippen LogP contribution in [0.3, 0.4) is 0 Å². The van der Waals surface area contributed by atoms with Crippen molar-refractivity contribution >= 4 is 29.1 Å². The largest absolute Gasteiger partial charge is 0.461 e. The maximum atomic E-state index is 12.6. The molecule has 1 aromatic heterocycles. The molecule has 0 fully saturated rings. The first-order valence-electron chi connectivity index (χ1n) is 8.28. The molecule has 0 atom stereocenters. The second kappa shape index (κ2) is 9.22. The van der Waals surface area contributed by atoms with Gasteiger partial charge in [0.1, 0.15) is 6.07 Å². The van der Waals surface area contributed by atoms with Crippen molar-refractivity contribution in [2.24, 2.45) is 0 Å². The number of rotatable bonds is 7. The first kappa shape index (κ1) is 19.7. The Labute approximate surface area is 171 Å². The average molecular weight is 416 g/mol. The molecule has 0 spiro atoms. The molecular weight excluding hydrogens is 401 g/mol. The summed E-state index contributed by atoms with van der Waals surface area (Å²) in [6.45, 7) is 0.208. The average Bonchev–Trinajstić information content (AvgIpc) is 3.09. The molecule has 0 radical (unpaired) electrons. The van der Waals surface area contributed by atoms with Crippen molar-refractivity contribution in [3.63, 3.8) is 0 Å². The number of carbonyl (C=O) groups excluding carboxylic acids is 1. The molecule has 0 unspecified atom stereocenters. The van der Waals surface area contributed by atoms with E-state index >= 15 is 0 Å². The summed E-state index contributed by atoms with van der Waals surface area (Å²) in [4.78, 5) is 12.6. The van der Waals surface area contributed by atoms with Gasteiger partial charge in [-0.3, -0.25) is 4.79 Å². The summed E-state index contributed by atoms with van der Waals surface area (Å²) in [6, 6.07) is 16.3. The van der Waals surface area contributed by atoms with Gasteiger partial charge in [-0.25, -0.2) is 4.68 Å². The van der Waals surface area contributed by atoms with Crippen molar-refractivity contribution in [1.29, 1.82) is 5.26 Å². The minimum Gasteiger partial charge on any atom is -0.461 e. The van der Waals surface area contributed by atoms with Crippen LogP contribution in [0.15, 0.2) is 48.5 Å². The number of benzene rings is 2. The summed E-state index contributed by atoms with van der Waals surface area (Å²) in [6.07, 6.45) is 0. The Morgan fingerprint density at radius 2 is 1.75 bits per heavy atom. The Balaban J connectivity index is 1.81. The Hall–Kier alpha value is -3.08. The van der Waals surface area contributed by atoms with E-state index in [2.05, 4.69) is 15.6 Å². The number of nitriles is 1. The minimum atomic E-state index is -0.488. The zero-order chi connectivity index (χ0) is 19.9. The maximum Gasteiger partial charge on any atom is 0.277 e. The fraction of sp³-hybridized carbons (Fsp3) is 0.158. The van der Waals surface area contributed by atoms with Gasteiger partial charge in [0, 0.05) is 16.6 Å². The molecule has 0 bridgehead atoms. The molecule has 0 aliphatic heterocycles. The van der Waals surface area contributed by atoms with E-state index in [1.54, 1.807) is 12.1 Å². The van der Waals surface area contributed by atoms with Gasteiger partial charge in [0.25, 0.3) is 5.91 Å². The number of carbonyl (C=O) groups is 1. The summed E-state index contributed by atoms with van der Waals surface area (Å²) < 4.78 is 6.81. The van der Waals surface area contributed by atoms with E-state index in [0.717, 1.165) is 11.1 Å². The summed E-state index contributed by atoms with van der Waals surface area (Å²) >= 11 is 12.3. The van der Waals surface area contributed by atoms with Crippen LogP contribution in [0, 0.1) is 11.3 Å². The lowest BCUT2D eigenvalue weighted by molar-refractivity contribution is 0.0942. The van der Waals surface area contributed by atoms with Gasteiger partial charge in [0.05, 0.1) is 6.54 Å². The summed E-state index contributed by atoms with van der Waals surface area (Å²) in [5.41, 5.74) is 1.52. The molecule has 1 amide bonds. The second-order valence-electron chi connectivity index (χ2n) is 5.71. The molecule has 2 aromatic carbocycles. The van der Waals surface area contributed by atoms with Crippen LogP contribution in [-0.2, 0) is 13.1 Å². The number of aromatic nitrogens is 3. The fourth-order valence-electron chi connectivity index (χ4n) is 2.48. The molecule has 1 heterocycles. The molecule has 0 aliphatic carbocycles. The van der Waals surface area contributed by atoms with Crippen LogP contribution < -0.4 is 10.1 Å². The van der Waals surface area contributed by atoms with E-state index in [1.165, 1.54) is 4.68 Å². The number of nitrogens with one attached hydrogen (secondary N) is 1. The Bertz CT molecular complexity index is 1030. The molecule has 3 aromatic rings. The van der Waals surface area contributed by atoms with Crippen LogP contribution in [0.25, 0.3) is 0 Å². The Morgan fingerprint density at radius 1 is 1.11 bits per heavy atom. The van der Waals surface area contributed by atoms with E-state index in [-0.39, 0.29) is 31.3 Å². The van der Waals surface area contributed by atoms with Gasteiger partial charge in [-0.05, 0) is 23.3 Å². The highest BCUT2D eigenvalue weighted by molar-refractivity contribution is 6.31. The third kappa shape index (κ3) is 4.60.